The van der Waals surface area contributed by atoms with Crippen LogP contribution < -0.4 is 5.73 Å². The van der Waals surface area contributed by atoms with Crippen LogP contribution in [-0.4, -0.2) is 15.8 Å². The number of aryl methyl sites for hydroxylation is 1. The molecule has 0 saturated heterocycles. The molecule has 0 aliphatic heterocycles. The fourth-order valence-corrected chi connectivity index (χ4v) is 2.64. The molecule has 3 nitrogen and oxygen atoms in total. The van der Waals surface area contributed by atoms with Gasteiger partial charge in [0.25, 0.3) is 0 Å². The Morgan fingerprint density at radius 3 is 2.45 bits per heavy atom. The predicted octanol–water partition coefficient (Wildman–Crippen LogP) is 3.28. The molecule has 0 spiro atoms. The summed E-state index contributed by atoms with van der Waals surface area (Å²) in [5.74, 6) is 0. The highest BCUT2D eigenvalue weighted by Gasteiger charge is 2.20. The first-order valence-corrected chi connectivity index (χ1v) is 6.91. The molecule has 1 aromatic heterocycles. The van der Waals surface area contributed by atoms with E-state index in [2.05, 4.69) is 48.4 Å². The Morgan fingerprint density at radius 1 is 1.05 bits per heavy atom. The summed E-state index contributed by atoms with van der Waals surface area (Å²) in [5.41, 5.74) is 9.80. The summed E-state index contributed by atoms with van der Waals surface area (Å²) in [7, 11) is 0. The van der Waals surface area contributed by atoms with E-state index < -0.39 is 0 Å². The second kappa shape index (κ2) is 5.10. The summed E-state index contributed by atoms with van der Waals surface area (Å²) in [4.78, 5) is 0. The van der Waals surface area contributed by atoms with Gasteiger partial charge >= 0.3 is 0 Å². The van der Waals surface area contributed by atoms with Gasteiger partial charge in [0.1, 0.15) is 0 Å². The van der Waals surface area contributed by atoms with Crippen LogP contribution in [0.3, 0.4) is 0 Å². The lowest BCUT2D eigenvalue weighted by Gasteiger charge is -2.23. The molecule has 0 bridgehead atoms. The van der Waals surface area contributed by atoms with Gasteiger partial charge in [0.2, 0.25) is 0 Å². The molecule has 102 valence electrons. The average molecular weight is 265 g/mol. The van der Waals surface area contributed by atoms with Gasteiger partial charge < -0.3 is 5.73 Å². The van der Waals surface area contributed by atoms with Gasteiger partial charge in [-0.05, 0) is 25.5 Å². The second-order valence-electron chi connectivity index (χ2n) is 5.36. The third-order valence-corrected chi connectivity index (χ3v) is 3.69. The summed E-state index contributed by atoms with van der Waals surface area (Å²) < 4.78 is 2.03. The SMILES string of the molecule is Cc1ccc(C(C(C)N)n2ncc3ccccc32)cc1. The number of rotatable bonds is 3. The van der Waals surface area contributed by atoms with Gasteiger partial charge in [-0.2, -0.15) is 5.10 Å². The van der Waals surface area contributed by atoms with Crippen molar-refractivity contribution in [3.63, 3.8) is 0 Å². The molecule has 0 aliphatic carbocycles. The fourth-order valence-electron chi connectivity index (χ4n) is 2.64. The van der Waals surface area contributed by atoms with Crippen molar-refractivity contribution in [2.45, 2.75) is 25.9 Å². The van der Waals surface area contributed by atoms with E-state index in [4.69, 9.17) is 5.73 Å². The van der Waals surface area contributed by atoms with E-state index in [9.17, 15) is 0 Å². The molecule has 2 atom stereocenters. The van der Waals surface area contributed by atoms with Crippen LogP contribution in [0.1, 0.15) is 24.1 Å². The number of benzene rings is 2. The zero-order valence-electron chi connectivity index (χ0n) is 11.8. The smallest absolute Gasteiger partial charge is 0.0923 e. The van der Waals surface area contributed by atoms with Crippen LogP contribution in [0.4, 0.5) is 0 Å². The Labute approximate surface area is 119 Å². The number of aromatic nitrogens is 2. The van der Waals surface area contributed by atoms with Crippen LogP contribution in [0, 0.1) is 6.92 Å². The van der Waals surface area contributed by atoms with Crippen molar-refractivity contribution in [1.29, 1.82) is 0 Å². The van der Waals surface area contributed by atoms with Crippen LogP contribution in [0.2, 0.25) is 0 Å². The van der Waals surface area contributed by atoms with Crippen molar-refractivity contribution < 1.29 is 0 Å². The molecule has 2 unspecified atom stereocenters. The summed E-state index contributed by atoms with van der Waals surface area (Å²) in [6.45, 7) is 4.12. The Bertz CT molecular complexity index is 710. The van der Waals surface area contributed by atoms with E-state index in [1.54, 1.807) is 0 Å². The van der Waals surface area contributed by atoms with E-state index in [0.29, 0.717) is 0 Å². The maximum atomic E-state index is 6.23. The largest absolute Gasteiger partial charge is 0.326 e. The van der Waals surface area contributed by atoms with Crippen molar-refractivity contribution >= 4 is 10.9 Å². The van der Waals surface area contributed by atoms with E-state index in [-0.39, 0.29) is 12.1 Å². The van der Waals surface area contributed by atoms with Gasteiger partial charge in [-0.1, -0.05) is 48.0 Å². The highest BCUT2D eigenvalue weighted by atomic mass is 15.3. The van der Waals surface area contributed by atoms with Gasteiger partial charge in [-0.15, -0.1) is 0 Å². The third-order valence-electron chi connectivity index (χ3n) is 3.69. The van der Waals surface area contributed by atoms with E-state index in [1.807, 2.05) is 29.9 Å². The molecule has 3 aromatic rings. The van der Waals surface area contributed by atoms with Crippen LogP contribution >= 0.6 is 0 Å². The first-order valence-electron chi connectivity index (χ1n) is 6.91. The first-order chi connectivity index (χ1) is 9.66. The lowest BCUT2D eigenvalue weighted by atomic mass is 10.00. The van der Waals surface area contributed by atoms with Gasteiger partial charge in [0.15, 0.2) is 0 Å². The molecule has 20 heavy (non-hydrogen) atoms. The number of hydrogen-bond donors (Lipinski definition) is 1. The topological polar surface area (TPSA) is 43.8 Å². The quantitative estimate of drug-likeness (QED) is 0.789. The minimum Gasteiger partial charge on any atom is -0.326 e. The molecule has 0 saturated carbocycles. The Balaban J connectivity index is 2.13. The summed E-state index contributed by atoms with van der Waals surface area (Å²) in [6, 6.07) is 16.8. The monoisotopic (exact) mass is 265 g/mol. The van der Waals surface area contributed by atoms with Gasteiger partial charge in [-0.3, -0.25) is 4.68 Å². The second-order valence-corrected chi connectivity index (χ2v) is 5.36. The fraction of sp³-hybridized carbons (Fsp3) is 0.235. The van der Waals surface area contributed by atoms with Crippen LogP contribution in [-0.2, 0) is 0 Å². The van der Waals surface area contributed by atoms with Crippen molar-refractivity contribution in [3.05, 3.63) is 65.9 Å². The molecule has 1 heterocycles. The summed E-state index contributed by atoms with van der Waals surface area (Å²) in [5, 5.41) is 5.70. The number of fused-ring (bicyclic) bond motifs is 1. The minimum atomic E-state index is -0.0130. The third kappa shape index (κ3) is 2.21. The first kappa shape index (κ1) is 12.9. The molecular formula is C17H19N3. The van der Waals surface area contributed by atoms with Gasteiger partial charge in [0.05, 0.1) is 17.8 Å². The zero-order valence-corrected chi connectivity index (χ0v) is 11.8. The van der Waals surface area contributed by atoms with Gasteiger partial charge in [0, 0.05) is 11.4 Å². The normalized spacial score (nSPS) is 14.3. The predicted molar refractivity (Wildman–Crippen MR) is 82.7 cm³/mol. The van der Waals surface area contributed by atoms with E-state index in [0.717, 1.165) is 10.9 Å². The zero-order chi connectivity index (χ0) is 14.1. The Morgan fingerprint density at radius 2 is 1.75 bits per heavy atom. The molecule has 2 N–H and O–H groups in total. The molecule has 0 amide bonds. The van der Waals surface area contributed by atoms with E-state index >= 15 is 0 Å². The Kier molecular flexibility index (Phi) is 3.28. The Hall–Kier alpha value is -2.13. The lowest BCUT2D eigenvalue weighted by molar-refractivity contribution is 0.466. The molecule has 0 fully saturated rings. The lowest BCUT2D eigenvalue weighted by Crippen LogP contribution is -2.30. The number of nitrogens with zero attached hydrogens (tertiary/aromatic N) is 2. The molecule has 2 aromatic carbocycles. The van der Waals surface area contributed by atoms with Crippen molar-refractivity contribution in [2.24, 2.45) is 5.73 Å². The number of hydrogen-bond acceptors (Lipinski definition) is 2. The maximum absolute atomic E-state index is 6.23. The highest BCUT2D eigenvalue weighted by Crippen LogP contribution is 2.25. The van der Waals surface area contributed by atoms with Crippen LogP contribution in [0.25, 0.3) is 10.9 Å². The maximum Gasteiger partial charge on any atom is 0.0923 e. The molecular weight excluding hydrogens is 246 g/mol. The van der Waals surface area contributed by atoms with Crippen molar-refractivity contribution in [2.75, 3.05) is 0 Å². The van der Waals surface area contributed by atoms with Crippen LogP contribution in [0.5, 0.6) is 0 Å². The number of para-hydroxylation sites is 1. The van der Waals surface area contributed by atoms with E-state index in [1.165, 1.54) is 11.1 Å². The number of nitrogens with two attached hydrogens (primary N) is 1. The average Bonchev–Trinajstić information content (AvgIpc) is 2.85. The van der Waals surface area contributed by atoms with Crippen molar-refractivity contribution in [1.82, 2.24) is 9.78 Å². The highest BCUT2D eigenvalue weighted by molar-refractivity contribution is 5.78. The van der Waals surface area contributed by atoms with Crippen LogP contribution in [0.15, 0.2) is 54.7 Å². The van der Waals surface area contributed by atoms with Crippen molar-refractivity contribution in [3.8, 4) is 0 Å². The van der Waals surface area contributed by atoms with Gasteiger partial charge in [-0.25, -0.2) is 0 Å². The molecule has 0 aliphatic rings. The molecule has 3 heteroatoms. The molecule has 0 radical (unpaired) electrons. The summed E-state index contributed by atoms with van der Waals surface area (Å²) in [6.07, 6.45) is 1.90. The summed E-state index contributed by atoms with van der Waals surface area (Å²) >= 11 is 0. The standard InChI is InChI=1S/C17H19N3/c1-12-7-9-14(10-8-12)17(13(2)18)20-16-6-4-3-5-15(16)11-19-20/h3-11,13,17H,18H2,1-2H3. The minimum absolute atomic E-state index is 0.0130. The molecule has 3 rings (SSSR count).